The minimum atomic E-state index is -2.54. The second-order valence-corrected chi connectivity index (χ2v) is 3.94. The van der Waals surface area contributed by atoms with Gasteiger partial charge in [-0.25, -0.2) is 8.78 Å². The third-order valence-electron chi connectivity index (χ3n) is 2.89. The molecule has 1 aliphatic carbocycles. The predicted octanol–water partition coefficient (Wildman–Crippen LogP) is 2.30. The molecule has 1 aromatic rings. The smallest absolute Gasteiger partial charge is 0.282 e. The summed E-state index contributed by atoms with van der Waals surface area (Å²) >= 11 is 0. The SMILES string of the molecule is OC1CCCCC1n1ccc(C(F)F)n1. The molecule has 2 atom stereocenters. The molecule has 1 fully saturated rings. The molecule has 1 aromatic heterocycles. The summed E-state index contributed by atoms with van der Waals surface area (Å²) in [5, 5.41) is 13.5. The lowest BCUT2D eigenvalue weighted by Gasteiger charge is -2.27. The zero-order valence-corrected chi connectivity index (χ0v) is 8.31. The van der Waals surface area contributed by atoms with Crippen molar-refractivity contribution in [2.24, 2.45) is 0 Å². The van der Waals surface area contributed by atoms with Crippen molar-refractivity contribution in [2.75, 3.05) is 0 Å². The van der Waals surface area contributed by atoms with Crippen LogP contribution in [0.5, 0.6) is 0 Å². The number of rotatable bonds is 2. The summed E-state index contributed by atoms with van der Waals surface area (Å²) in [4.78, 5) is 0. The molecule has 1 saturated carbocycles. The van der Waals surface area contributed by atoms with Crippen LogP contribution in [-0.4, -0.2) is 21.0 Å². The Morgan fingerprint density at radius 1 is 1.40 bits per heavy atom. The molecule has 0 saturated heterocycles. The molecule has 0 amide bonds. The molecule has 0 bridgehead atoms. The average molecular weight is 216 g/mol. The summed E-state index contributed by atoms with van der Waals surface area (Å²) in [6.45, 7) is 0. The van der Waals surface area contributed by atoms with Crippen molar-refractivity contribution in [1.29, 1.82) is 0 Å². The molecule has 0 spiro atoms. The quantitative estimate of drug-likeness (QED) is 0.823. The average Bonchev–Trinajstić information content (AvgIpc) is 2.67. The molecule has 2 unspecified atom stereocenters. The van der Waals surface area contributed by atoms with Gasteiger partial charge in [0.2, 0.25) is 0 Å². The van der Waals surface area contributed by atoms with Crippen LogP contribution in [0.15, 0.2) is 12.3 Å². The zero-order chi connectivity index (χ0) is 10.8. The van der Waals surface area contributed by atoms with Crippen molar-refractivity contribution in [3.05, 3.63) is 18.0 Å². The van der Waals surface area contributed by atoms with Gasteiger partial charge in [0.05, 0.1) is 12.1 Å². The highest BCUT2D eigenvalue weighted by atomic mass is 19.3. The van der Waals surface area contributed by atoms with Crippen LogP contribution in [0.2, 0.25) is 0 Å². The van der Waals surface area contributed by atoms with Crippen LogP contribution in [0.1, 0.15) is 43.8 Å². The van der Waals surface area contributed by atoms with E-state index in [-0.39, 0.29) is 11.7 Å². The van der Waals surface area contributed by atoms with Crippen molar-refractivity contribution in [1.82, 2.24) is 9.78 Å². The second kappa shape index (κ2) is 4.26. The zero-order valence-electron chi connectivity index (χ0n) is 8.31. The number of aliphatic hydroxyl groups is 1. The fourth-order valence-corrected chi connectivity index (χ4v) is 2.05. The first-order valence-electron chi connectivity index (χ1n) is 5.20. The van der Waals surface area contributed by atoms with Gasteiger partial charge < -0.3 is 5.11 Å². The van der Waals surface area contributed by atoms with Gasteiger partial charge in [-0.3, -0.25) is 4.68 Å². The molecule has 5 heteroatoms. The van der Waals surface area contributed by atoms with Crippen LogP contribution < -0.4 is 0 Å². The molecule has 1 heterocycles. The maximum atomic E-state index is 12.3. The van der Waals surface area contributed by atoms with Crippen LogP contribution in [-0.2, 0) is 0 Å². The van der Waals surface area contributed by atoms with Gasteiger partial charge in [0, 0.05) is 6.20 Å². The highest BCUT2D eigenvalue weighted by Gasteiger charge is 2.25. The van der Waals surface area contributed by atoms with Crippen LogP contribution in [0.3, 0.4) is 0 Å². The van der Waals surface area contributed by atoms with E-state index in [0.29, 0.717) is 0 Å². The lowest BCUT2D eigenvalue weighted by atomic mass is 9.93. The Kier molecular flexibility index (Phi) is 3.00. The monoisotopic (exact) mass is 216 g/mol. The molecule has 15 heavy (non-hydrogen) atoms. The van der Waals surface area contributed by atoms with Crippen molar-refractivity contribution < 1.29 is 13.9 Å². The molecule has 2 rings (SSSR count). The van der Waals surface area contributed by atoms with Crippen molar-refractivity contribution >= 4 is 0 Å². The fourth-order valence-electron chi connectivity index (χ4n) is 2.05. The first-order chi connectivity index (χ1) is 7.18. The van der Waals surface area contributed by atoms with Crippen LogP contribution in [0.4, 0.5) is 8.78 Å². The molecule has 0 radical (unpaired) electrons. The summed E-state index contributed by atoms with van der Waals surface area (Å²) < 4.78 is 26.1. The highest BCUT2D eigenvalue weighted by molar-refractivity contribution is 5.01. The Labute approximate surface area is 86.7 Å². The van der Waals surface area contributed by atoms with Gasteiger partial charge in [-0.15, -0.1) is 0 Å². The van der Waals surface area contributed by atoms with E-state index in [2.05, 4.69) is 5.10 Å². The number of nitrogens with zero attached hydrogens (tertiary/aromatic N) is 2. The summed E-state index contributed by atoms with van der Waals surface area (Å²) in [6, 6.07) is 1.18. The number of halogens is 2. The maximum absolute atomic E-state index is 12.3. The molecule has 1 N–H and O–H groups in total. The Bertz CT molecular complexity index is 327. The number of aromatic nitrogens is 2. The molecule has 1 aliphatic rings. The number of hydrogen-bond acceptors (Lipinski definition) is 2. The van der Waals surface area contributed by atoms with E-state index in [1.807, 2.05) is 0 Å². The van der Waals surface area contributed by atoms with Crippen molar-refractivity contribution in [2.45, 2.75) is 44.3 Å². The number of hydrogen-bond donors (Lipinski definition) is 1. The third-order valence-corrected chi connectivity index (χ3v) is 2.89. The van der Waals surface area contributed by atoms with Gasteiger partial charge in [-0.2, -0.15) is 5.10 Å². The molecular formula is C10H14F2N2O. The Balaban J connectivity index is 2.13. The lowest BCUT2D eigenvalue weighted by molar-refractivity contribution is 0.0677. The summed E-state index contributed by atoms with van der Waals surface area (Å²) in [5.41, 5.74) is -0.215. The fraction of sp³-hybridized carbons (Fsp3) is 0.700. The Morgan fingerprint density at radius 3 is 2.73 bits per heavy atom. The Morgan fingerprint density at radius 2 is 2.13 bits per heavy atom. The maximum Gasteiger partial charge on any atom is 0.282 e. The predicted molar refractivity (Wildman–Crippen MR) is 50.7 cm³/mol. The first-order valence-corrected chi connectivity index (χ1v) is 5.20. The van der Waals surface area contributed by atoms with Gasteiger partial charge in [-0.1, -0.05) is 12.8 Å². The number of alkyl halides is 2. The topological polar surface area (TPSA) is 38.0 Å². The molecular weight excluding hydrogens is 202 g/mol. The first kappa shape index (κ1) is 10.5. The van der Waals surface area contributed by atoms with E-state index in [9.17, 15) is 13.9 Å². The highest BCUT2D eigenvalue weighted by Crippen LogP contribution is 2.29. The van der Waals surface area contributed by atoms with Crippen molar-refractivity contribution in [3.63, 3.8) is 0 Å². The van der Waals surface area contributed by atoms with E-state index in [4.69, 9.17) is 0 Å². The third kappa shape index (κ3) is 2.17. The van der Waals surface area contributed by atoms with Crippen LogP contribution >= 0.6 is 0 Å². The summed E-state index contributed by atoms with van der Waals surface area (Å²) in [7, 11) is 0. The molecule has 0 aromatic carbocycles. The van der Waals surface area contributed by atoms with Gasteiger partial charge in [0.25, 0.3) is 6.43 Å². The lowest BCUT2D eigenvalue weighted by Crippen LogP contribution is -2.27. The van der Waals surface area contributed by atoms with Crippen LogP contribution in [0, 0.1) is 0 Å². The standard InChI is InChI=1S/C10H14F2N2O/c11-10(12)7-5-6-14(13-7)8-3-1-2-4-9(8)15/h5-6,8-10,15H,1-4H2. The van der Waals surface area contributed by atoms with Gasteiger partial charge in [0.15, 0.2) is 0 Å². The van der Waals surface area contributed by atoms with E-state index in [1.54, 1.807) is 0 Å². The van der Waals surface area contributed by atoms with Crippen LogP contribution in [0.25, 0.3) is 0 Å². The van der Waals surface area contributed by atoms with Gasteiger partial charge in [-0.05, 0) is 18.9 Å². The van der Waals surface area contributed by atoms with E-state index < -0.39 is 12.5 Å². The second-order valence-electron chi connectivity index (χ2n) is 3.94. The van der Waals surface area contributed by atoms with Gasteiger partial charge in [0.1, 0.15) is 5.69 Å². The molecule has 0 aliphatic heterocycles. The molecule has 3 nitrogen and oxygen atoms in total. The van der Waals surface area contributed by atoms with E-state index in [0.717, 1.165) is 25.7 Å². The molecule has 84 valence electrons. The van der Waals surface area contributed by atoms with E-state index in [1.165, 1.54) is 16.9 Å². The number of aliphatic hydroxyl groups excluding tert-OH is 1. The Hall–Kier alpha value is -0.970. The van der Waals surface area contributed by atoms with Crippen molar-refractivity contribution in [3.8, 4) is 0 Å². The minimum Gasteiger partial charge on any atom is -0.391 e. The van der Waals surface area contributed by atoms with Gasteiger partial charge >= 0.3 is 0 Å². The summed E-state index contributed by atoms with van der Waals surface area (Å²) in [6.07, 6.45) is 2.10. The normalized spacial score (nSPS) is 27.2. The summed E-state index contributed by atoms with van der Waals surface area (Å²) in [5.74, 6) is 0. The van der Waals surface area contributed by atoms with E-state index >= 15 is 0 Å². The minimum absolute atomic E-state index is 0.133. The largest absolute Gasteiger partial charge is 0.391 e.